The van der Waals surface area contributed by atoms with Crippen LogP contribution >= 0.6 is 0 Å². The van der Waals surface area contributed by atoms with Gasteiger partial charge in [0.05, 0.1) is 27.9 Å². The van der Waals surface area contributed by atoms with Crippen molar-refractivity contribution < 1.29 is 49.0 Å². The molecule has 0 unspecified atom stereocenters. The van der Waals surface area contributed by atoms with E-state index in [1.165, 1.54) is 37.5 Å². The lowest BCUT2D eigenvalue weighted by atomic mass is 10.2. The van der Waals surface area contributed by atoms with Crippen molar-refractivity contribution in [2.24, 2.45) is 7.05 Å². The molecule has 280 valence electrons. The molecule has 3 heterocycles. The number of sulfonamides is 1. The summed E-state index contributed by atoms with van der Waals surface area (Å²) in [6, 6.07) is 19.7. The maximum Gasteiger partial charge on any atom is 0.422 e. The van der Waals surface area contributed by atoms with Crippen molar-refractivity contribution in [3.63, 3.8) is 0 Å². The first kappa shape index (κ1) is 37.5. The molecule has 53 heavy (non-hydrogen) atoms. The number of fused-ring (bicyclic) bond motifs is 1. The third-order valence-corrected chi connectivity index (χ3v) is 10.6. The molecule has 0 saturated carbocycles. The molecule has 0 atom stereocenters. The molecule has 0 aliphatic carbocycles. The summed E-state index contributed by atoms with van der Waals surface area (Å²) in [5.41, 5.74) is 1.33. The van der Waals surface area contributed by atoms with Gasteiger partial charge in [-0.05, 0) is 66.2 Å². The zero-order chi connectivity index (χ0) is 38.1. The number of halogens is 6. The van der Waals surface area contributed by atoms with Crippen LogP contribution in [0, 0.1) is 0 Å². The van der Waals surface area contributed by atoms with Gasteiger partial charge in [-0.25, -0.2) is 13.4 Å². The maximum atomic E-state index is 13.6. The number of carbonyl (C=O) groups excluding carboxylic acids is 1. The monoisotopic (exact) mass is 761 g/mol. The standard InChI is InChI=1S/C36H33F6N5O5S/c1-44-31-20-29(52-33-14-8-27(21-43-33)45(2)53(49,50)30-12-6-26(7-13-30)36(40,41)42)11-5-25(31)19-32(44)34(48)47-17-15-46(16-18-47)22-24-3-9-28(10-4-24)51-23-35(37,38)39/h3-14,19-21H,15-18,22-23H2,1-2H3. The highest BCUT2D eigenvalue weighted by Gasteiger charge is 2.32. The van der Waals surface area contributed by atoms with Crippen molar-refractivity contribution in [1.29, 1.82) is 0 Å². The second kappa shape index (κ2) is 14.6. The van der Waals surface area contributed by atoms with Gasteiger partial charge >= 0.3 is 12.4 Å². The SMILES string of the molecule is CN(c1ccc(Oc2ccc3cc(C(=O)N4CCN(Cc5ccc(OCC(F)(F)F)cc5)CC4)n(C)c3c2)nc1)S(=O)(=O)c1ccc(C(F)(F)F)cc1. The molecule has 1 aliphatic rings. The molecular formula is C36H33F6N5O5S. The third-order valence-electron chi connectivity index (χ3n) is 8.77. The molecule has 3 aromatic carbocycles. The van der Waals surface area contributed by atoms with Crippen molar-refractivity contribution in [1.82, 2.24) is 19.4 Å². The molecule has 17 heteroatoms. The van der Waals surface area contributed by atoms with E-state index in [1.54, 1.807) is 52.9 Å². The fourth-order valence-electron chi connectivity index (χ4n) is 5.82. The highest BCUT2D eigenvalue weighted by atomic mass is 32.2. The highest BCUT2D eigenvalue weighted by Crippen LogP contribution is 2.32. The average molecular weight is 762 g/mol. The van der Waals surface area contributed by atoms with Gasteiger partial charge in [0, 0.05) is 64.3 Å². The second-order valence-electron chi connectivity index (χ2n) is 12.4. The molecule has 6 rings (SSSR count). The number of aryl methyl sites for hydroxylation is 1. The Kier molecular flexibility index (Phi) is 10.3. The zero-order valence-corrected chi connectivity index (χ0v) is 29.2. The van der Waals surface area contributed by atoms with Crippen LogP contribution in [-0.4, -0.2) is 79.7 Å². The molecule has 2 aromatic heterocycles. The summed E-state index contributed by atoms with van der Waals surface area (Å²) in [5, 5.41) is 0.808. The Morgan fingerprint density at radius 1 is 0.849 bits per heavy atom. The van der Waals surface area contributed by atoms with E-state index in [1.807, 2.05) is 0 Å². The number of alkyl halides is 6. The smallest absolute Gasteiger partial charge is 0.422 e. The number of carbonyl (C=O) groups is 1. The molecule has 0 N–H and O–H groups in total. The van der Waals surface area contributed by atoms with Crippen LogP contribution in [0.1, 0.15) is 21.6 Å². The van der Waals surface area contributed by atoms with E-state index in [2.05, 4.69) is 9.88 Å². The predicted molar refractivity (Wildman–Crippen MR) is 183 cm³/mol. The van der Waals surface area contributed by atoms with Gasteiger partial charge in [0.2, 0.25) is 5.88 Å². The first-order chi connectivity index (χ1) is 25.0. The molecule has 0 spiro atoms. The normalized spacial score (nSPS) is 14.4. The van der Waals surface area contributed by atoms with Crippen molar-refractivity contribution in [3.8, 4) is 17.4 Å². The summed E-state index contributed by atoms with van der Waals surface area (Å²) >= 11 is 0. The molecule has 5 aromatic rings. The van der Waals surface area contributed by atoms with Crippen LogP contribution in [-0.2, 0) is 29.8 Å². The van der Waals surface area contributed by atoms with E-state index < -0.39 is 34.5 Å². The number of rotatable bonds is 10. The van der Waals surface area contributed by atoms with Crippen molar-refractivity contribution in [3.05, 3.63) is 108 Å². The fraction of sp³-hybridized carbons (Fsp3) is 0.278. The predicted octanol–water partition coefficient (Wildman–Crippen LogP) is 7.11. The summed E-state index contributed by atoms with van der Waals surface area (Å²) < 4.78 is 115. The van der Waals surface area contributed by atoms with E-state index in [-0.39, 0.29) is 28.1 Å². The van der Waals surface area contributed by atoms with Gasteiger partial charge in [-0.2, -0.15) is 26.3 Å². The lowest BCUT2D eigenvalue weighted by Crippen LogP contribution is -2.48. The Balaban J connectivity index is 1.05. The lowest BCUT2D eigenvalue weighted by molar-refractivity contribution is -0.153. The minimum absolute atomic E-state index is 0.135. The number of hydrogen-bond donors (Lipinski definition) is 0. The zero-order valence-electron chi connectivity index (χ0n) is 28.4. The van der Waals surface area contributed by atoms with Crippen LogP contribution in [0.4, 0.5) is 32.0 Å². The topological polar surface area (TPSA) is 97.2 Å². The second-order valence-corrected chi connectivity index (χ2v) is 14.3. The van der Waals surface area contributed by atoms with Gasteiger partial charge in [-0.1, -0.05) is 12.1 Å². The summed E-state index contributed by atoms with van der Waals surface area (Å²) in [4.78, 5) is 21.4. The molecule has 0 bridgehead atoms. The Labute approximate surface area is 300 Å². The Hall–Kier alpha value is -5.29. The largest absolute Gasteiger partial charge is 0.484 e. The minimum atomic E-state index is -4.60. The maximum absolute atomic E-state index is 13.6. The molecule has 1 saturated heterocycles. The average Bonchev–Trinajstić information content (AvgIpc) is 3.46. The van der Waals surface area contributed by atoms with Crippen LogP contribution < -0.4 is 13.8 Å². The molecule has 0 radical (unpaired) electrons. The number of anilines is 1. The van der Waals surface area contributed by atoms with Crippen LogP contribution in [0.15, 0.2) is 96.0 Å². The van der Waals surface area contributed by atoms with E-state index >= 15 is 0 Å². The number of aromatic nitrogens is 2. The lowest BCUT2D eigenvalue weighted by Gasteiger charge is -2.34. The first-order valence-corrected chi connectivity index (χ1v) is 17.6. The van der Waals surface area contributed by atoms with Gasteiger partial charge < -0.3 is 18.9 Å². The number of amides is 1. The van der Waals surface area contributed by atoms with Crippen LogP contribution in [0.3, 0.4) is 0 Å². The van der Waals surface area contributed by atoms with Crippen LogP contribution in [0.2, 0.25) is 0 Å². The van der Waals surface area contributed by atoms with Gasteiger partial charge in [-0.15, -0.1) is 0 Å². The number of benzene rings is 3. The van der Waals surface area contributed by atoms with Gasteiger partial charge in [0.25, 0.3) is 15.9 Å². The third kappa shape index (κ3) is 8.68. The number of pyridine rings is 1. The Bertz CT molecular complexity index is 2180. The molecule has 10 nitrogen and oxygen atoms in total. The van der Waals surface area contributed by atoms with E-state index in [4.69, 9.17) is 9.47 Å². The van der Waals surface area contributed by atoms with Gasteiger partial charge in [-0.3, -0.25) is 14.0 Å². The minimum Gasteiger partial charge on any atom is -0.484 e. The fourth-order valence-corrected chi connectivity index (χ4v) is 7.00. The van der Waals surface area contributed by atoms with E-state index in [0.717, 1.165) is 32.9 Å². The van der Waals surface area contributed by atoms with Crippen LogP contribution in [0.25, 0.3) is 10.9 Å². The Morgan fingerprint density at radius 2 is 1.51 bits per heavy atom. The summed E-state index contributed by atoms with van der Waals surface area (Å²) in [6.07, 6.45) is -7.74. The number of nitrogens with zero attached hydrogens (tertiary/aromatic N) is 5. The summed E-state index contributed by atoms with van der Waals surface area (Å²) in [7, 11) is -1.13. The molecule has 1 aliphatic heterocycles. The number of piperazine rings is 1. The first-order valence-electron chi connectivity index (χ1n) is 16.2. The van der Waals surface area contributed by atoms with Crippen molar-refractivity contribution in [2.45, 2.75) is 23.8 Å². The highest BCUT2D eigenvalue weighted by molar-refractivity contribution is 7.92. The summed E-state index contributed by atoms with van der Waals surface area (Å²) in [5.74, 6) is 0.576. The molecular weight excluding hydrogens is 728 g/mol. The molecule has 1 fully saturated rings. The van der Waals surface area contributed by atoms with E-state index in [0.29, 0.717) is 56.3 Å². The quantitative estimate of drug-likeness (QED) is 0.140. The van der Waals surface area contributed by atoms with Gasteiger partial charge in [0.1, 0.15) is 17.2 Å². The van der Waals surface area contributed by atoms with Gasteiger partial charge in [0.15, 0.2) is 6.61 Å². The van der Waals surface area contributed by atoms with Crippen molar-refractivity contribution >= 4 is 32.5 Å². The van der Waals surface area contributed by atoms with E-state index in [9.17, 15) is 39.6 Å². The number of ether oxygens (including phenoxy) is 2. The Morgan fingerprint density at radius 3 is 2.11 bits per heavy atom. The number of hydrogen-bond acceptors (Lipinski definition) is 7. The molecule has 1 amide bonds. The summed E-state index contributed by atoms with van der Waals surface area (Å²) in [6.45, 7) is 1.44. The van der Waals surface area contributed by atoms with Crippen LogP contribution in [0.5, 0.6) is 17.4 Å². The van der Waals surface area contributed by atoms with Crippen molar-refractivity contribution in [2.75, 3.05) is 44.1 Å².